The summed E-state index contributed by atoms with van der Waals surface area (Å²) in [6, 6.07) is -0.867. The van der Waals surface area contributed by atoms with Gasteiger partial charge in [-0.05, 0) is 52.9 Å². The maximum absolute atomic E-state index is 12.5. The topological polar surface area (TPSA) is 87.7 Å². The molecule has 4 amide bonds. The molecule has 0 aromatic rings. The summed E-state index contributed by atoms with van der Waals surface area (Å²) < 4.78 is 5.18. The summed E-state index contributed by atoms with van der Waals surface area (Å²) in [6.45, 7) is 5.68. The summed E-state index contributed by atoms with van der Waals surface area (Å²) in [5.74, 6) is -0.360. The highest BCUT2D eigenvalue weighted by molar-refractivity contribution is 5.98. The number of amides is 4. The van der Waals surface area contributed by atoms with Gasteiger partial charge < -0.3 is 15.4 Å². The van der Waals surface area contributed by atoms with Gasteiger partial charge in [-0.2, -0.15) is 0 Å². The molecule has 0 radical (unpaired) electrons. The first kappa shape index (κ1) is 16.6. The highest BCUT2D eigenvalue weighted by atomic mass is 16.6. The van der Waals surface area contributed by atoms with Crippen molar-refractivity contribution in [3.8, 4) is 0 Å². The molecule has 1 saturated carbocycles. The zero-order chi connectivity index (χ0) is 16.3. The SMILES string of the molecule is CC(C)(C)OC(=O)N[C@@H]1CCCCN(C(=O)NC2CC2)C1=O. The Hall–Kier alpha value is -1.79. The molecule has 1 atom stereocenters. The third-order valence-corrected chi connectivity index (χ3v) is 3.53. The van der Waals surface area contributed by atoms with Crippen molar-refractivity contribution in [2.45, 2.75) is 70.6 Å². The molecule has 1 heterocycles. The van der Waals surface area contributed by atoms with Gasteiger partial charge in [0.2, 0.25) is 0 Å². The standard InChI is InChI=1S/C15H25N3O4/c1-15(2,3)22-14(21)17-11-6-4-5-9-18(12(11)19)13(20)16-10-7-8-10/h10-11H,4-9H2,1-3H3,(H,16,20)(H,17,21)/t11-/m1/s1. The summed E-state index contributed by atoms with van der Waals surface area (Å²) in [7, 11) is 0. The fraction of sp³-hybridized carbons (Fsp3) is 0.800. The van der Waals surface area contributed by atoms with Gasteiger partial charge in [0.15, 0.2) is 0 Å². The first-order valence-electron chi connectivity index (χ1n) is 7.87. The zero-order valence-corrected chi connectivity index (χ0v) is 13.5. The Morgan fingerprint density at radius 2 is 1.82 bits per heavy atom. The van der Waals surface area contributed by atoms with Crippen LogP contribution in [-0.2, 0) is 9.53 Å². The number of alkyl carbamates (subject to hydrolysis) is 1. The molecule has 1 saturated heterocycles. The summed E-state index contributed by atoms with van der Waals surface area (Å²) in [4.78, 5) is 37.7. The van der Waals surface area contributed by atoms with E-state index in [1.165, 1.54) is 4.90 Å². The Morgan fingerprint density at radius 3 is 2.41 bits per heavy atom. The molecule has 124 valence electrons. The number of hydrogen-bond acceptors (Lipinski definition) is 4. The third kappa shape index (κ3) is 4.89. The second-order valence-electron chi connectivity index (χ2n) is 6.91. The van der Waals surface area contributed by atoms with E-state index in [4.69, 9.17) is 4.74 Å². The number of hydrogen-bond donors (Lipinski definition) is 2. The van der Waals surface area contributed by atoms with E-state index in [0.717, 1.165) is 25.7 Å². The van der Waals surface area contributed by atoms with E-state index in [0.29, 0.717) is 13.0 Å². The lowest BCUT2D eigenvalue weighted by molar-refractivity contribution is -0.130. The van der Waals surface area contributed by atoms with Gasteiger partial charge in [-0.3, -0.25) is 9.69 Å². The maximum Gasteiger partial charge on any atom is 0.408 e. The van der Waals surface area contributed by atoms with Crippen LogP contribution in [0, 0.1) is 0 Å². The Balaban J connectivity index is 1.95. The average Bonchev–Trinajstić information content (AvgIpc) is 3.18. The van der Waals surface area contributed by atoms with Crippen LogP contribution in [0.25, 0.3) is 0 Å². The molecule has 2 rings (SSSR count). The number of ether oxygens (including phenoxy) is 1. The lowest BCUT2D eigenvalue weighted by Crippen LogP contribution is -2.53. The molecule has 1 aliphatic carbocycles. The van der Waals surface area contributed by atoms with Crippen LogP contribution in [0.1, 0.15) is 52.9 Å². The number of urea groups is 1. The number of carbonyl (C=O) groups excluding carboxylic acids is 3. The summed E-state index contributed by atoms with van der Waals surface area (Å²) in [5, 5.41) is 5.40. The minimum absolute atomic E-state index is 0.195. The van der Waals surface area contributed by atoms with E-state index >= 15 is 0 Å². The predicted octanol–water partition coefficient (Wildman–Crippen LogP) is 1.76. The highest BCUT2D eigenvalue weighted by Crippen LogP contribution is 2.20. The lowest BCUT2D eigenvalue weighted by atomic mass is 10.1. The van der Waals surface area contributed by atoms with Crippen molar-refractivity contribution in [3.63, 3.8) is 0 Å². The van der Waals surface area contributed by atoms with Crippen molar-refractivity contribution >= 4 is 18.0 Å². The van der Waals surface area contributed by atoms with E-state index in [2.05, 4.69) is 10.6 Å². The fourth-order valence-corrected chi connectivity index (χ4v) is 2.31. The van der Waals surface area contributed by atoms with Crippen molar-refractivity contribution in [3.05, 3.63) is 0 Å². The molecule has 2 N–H and O–H groups in total. The molecular weight excluding hydrogens is 286 g/mol. The number of rotatable bonds is 2. The smallest absolute Gasteiger partial charge is 0.408 e. The van der Waals surface area contributed by atoms with Crippen molar-refractivity contribution < 1.29 is 19.1 Å². The van der Waals surface area contributed by atoms with Gasteiger partial charge in [-0.1, -0.05) is 0 Å². The van der Waals surface area contributed by atoms with Gasteiger partial charge in [0.25, 0.3) is 5.91 Å². The number of imide groups is 1. The highest BCUT2D eigenvalue weighted by Gasteiger charge is 2.35. The molecule has 2 fully saturated rings. The molecule has 7 nitrogen and oxygen atoms in total. The summed E-state index contributed by atoms with van der Waals surface area (Å²) in [6.07, 6.45) is 3.34. The van der Waals surface area contributed by atoms with Crippen LogP contribution >= 0.6 is 0 Å². The number of likely N-dealkylation sites (tertiary alicyclic amines) is 1. The predicted molar refractivity (Wildman–Crippen MR) is 80.3 cm³/mol. The second kappa shape index (κ2) is 6.54. The molecule has 2 aliphatic rings. The fourth-order valence-electron chi connectivity index (χ4n) is 2.31. The molecule has 0 spiro atoms. The molecule has 0 unspecified atom stereocenters. The monoisotopic (exact) mass is 311 g/mol. The van der Waals surface area contributed by atoms with Crippen molar-refractivity contribution in [2.75, 3.05) is 6.54 Å². The lowest BCUT2D eigenvalue weighted by Gasteiger charge is -2.25. The van der Waals surface area contributed by atoms with Gasteiger partial charge >= 0.3 is 12.1 Å². The first-order valence-corrected chi connectivity index (χ1v) is 7.87. The number of carbonyl (C=O) groups is 3. The van der Waals surface area contributed by atoms with Crippen molar-refractivity contribution in [1.82, 2.24) is 15.5 Å². The van der Waals surface area contributed by atoms with Crippen LogP contribution in [0.15, 0.2) is 0 Å². The van der Waals surface area contributed by atoms with E-state index in [9.17, 15) is 14.4 Å². The molecule has 0 aromatic carbocycles. The van der Waals surface area contributed by atoms with E-state index in [1.54, 1.807) is 20.8 Å². The number of nitrogens with zero attached hydrogens (tertiary/aromatic N) is 1. The normalized spacial score (nSPS) is 22.8. The van der Waals surface area contributed by atoms with Gasteiger partial charge in [-0.25, -0.2) is 9.59 Å². The van der Waals surface area contributed by atoms with E-state index in [1.807, 2.05) is 0 Å². The second-order valence-corrected chi connectivity index (χ2v) is 6.91. The molecule has 7 heteroatoms. The van der Waals surface area contributed by atoms with Gasteiger partial charge in [-0.15, -0.1) is 0 Å². The minimum atomic E-state index is -0.706. The van der Waals surface area contributed by atoms with Crippen LogP contribution in [0.4, 0.5) is 9.59 Å². The Morgan fingerprint density at radius 1 is 1.14 bits per heavy atom. The van der Waals surface area contributed by atoms with Crippen LogP contribution in [-0.4, -0.2) is 47.2 Å². The van der Waals surface area contributed by atoms with E-state index < -0.39 is 17.7 Å². The quantitative estimate of drug-likeness (QED) is 0.813. The van der Waals surface area contributed by atoms with Crippen LogP contribution in [0.3, 0.4) is 0 Å². The van der Waals surface area contributed by atoms with Crippen LogP contribution in [0.2, 0.25) is 0 Å². The third-order valence-electron chi connectivity index (χ3n) is 3.53. The van der Waals surface area contributed by atoms with Crippen LogP contribution in [0.5, 0.6) is 0 Å². The summed E-state index contributed by atoms with van der Waals surface area (Å²) in [5.41, 5.74) is -0.624. The largest absolute Gasteiger partial charge is 0.444 e. The van der Waals surface area contributed by atoms with E-state index in [-0.39, 0.29) is 18.0 Å². The number of nitrogens with one attached hydrogen (secondary N) is 2. The average molecular weight is 311 g/mol. The van der Waals surface area contributed by atoms with Crippen LogP contribution < -0.4 is 10.6 Å². The Bertz CT molecular complexity index is 454. The van der Waals surface area contributed by atoms with Crippen molar-refractivity contribution in [1.29, 1.82) is 0 Å². The summed E-state index contributed by atoms with van der Waals surface area (Å²) >= 11 is 0. The molecule has 1 aliphatic heterocycles. The Kier molecular flexibility index (Phi) is 4.93. The minimum Gasteiger partial charge on any atom is -0.444 e. The molecule has 0 aromatic heterocycles. The first-order chi connectivity index (χ1) is 10.3. The van der Waals surface area contributed by atoms with Gasteiger partial charge in [0.1, 0.15) is 11.6 Å². The molecular formula is C15H25N3O4. The zero-order valence-electron chi connectivity index (χ0n) is 13.5. The van der Waals surface area contributed by atoms with Gasteiger partial charge in [0, 0.05) is 12.6 Å². The molecule has 0 bridgehead atoms. The Labute approximate surface area is 130 Å². The molecule has 22 heavy (non-hydrogen) atoms. The maximum atomic E-state index is 12.5. The van der Waals surface area contributed by atoms with Crippen molar-refractivity contribution in [2.24, 2.45) is 0 Å². The van der Waals surface area contributed by atoms with Gasteiger partial charge in [0.05, 0.1) is 0 Å².